The van der Waals surface area contributed by atoms with Crippen LogP contribution >= 0.6 is 11.8 Å². The summed E-state index contributed by atoms with van der Waals surface area (Å²) in [4.78, 5) is 23.4. The largest absolute Gasteiger partial charge is 0.320 e. The van der Waals surface area contributed by atoms with E-state index in [-0.39, 0.29) is 22.9 Å². The molecule has 0 saturated heterocycles. The second-order valence-corrected chi connectivity index (χ2v) is 8.44. The SMILES string of the molecule is Cc1ccc(NC(=O)CSc2nnc(-c3ccc(F)cc3)n2Cc2ccccc2)c([N+](=O)[O-])c1. The van der Waals surface area contributed by atoms with Gasteiger partial charge in [-0.3, -0.25) is 19.5 Å². The van der Waals surface area contributed by atoms with Crippen LogP contribution in [0.1, 0.15) is 11.1 Å². The van der Waals surface area contributed by atoms with Crippen molar-refractivity contribution in [3.05, 3.63) is 99.9 Å². The fourth-order valence-electron chi connectivity index (χ4n) is 3.33. The van der Waals surface area contributed by atoms with Crippen molar-refractivity contribution < 1.29 is 14.1 Å². The number of carbonyl (C=O) groups excluding carboxylic acids is 1. The first-order chi connectivity index (χ1) is 16.4. The summed E-state index contributed by atoms with van der Waals surface area (Å²) in [5, 5.41) is 22.9. The number of thioether (sulfide) groups is 1. The number of benzene rings is 3. The predicted octanol–water partition coefficient (Wildman–Crippen LogP) is 5.08. The van der Waals surface area contributed by atoms with Gasteiger partial charge >= 0.3 is 0 Å². The Kier molecular flexibility index (Phi) is 6.98. The zero-order valence-corrected chi connectivity index (χ0v) is 19.0. The van der Waals surface area contributed by atoms with Gasteiger partial charge in [0, 0.05) is 11.6 Å². The third-order valence-electron chi connectivity index (χ3n) is 4.96. The van der Waals surface area contributed by atoms with Crippen LogP contribution < -0.4 is 5.32 Å². The van der Waals surface area contributed by atoms with Crippen LogP contribution in [0.2, 0.25) is 0 Å². The summed E-state index contributed by atoms with van der Waals surface area (Å²) in [6.07, 6.45) is 0. The van der Waals surface area contributed by atoms with Crippen molar-refractivity contribution in [2.24, 2.45) is 0 Å². The lowest BCUT2D eigenvalue weighted by Gasteiger charge is -2.11. The standard InChI is InChI=1S/C24H20FN5O3S/c1-16-7-12-20(21(13-16)30(32)33)26-22(31)15-34-24-28-27-23(18-8-10-19(25)11-9-18)29(24)14-17-5-3-2-4-6-17/h2-13H,14-15H2,1H3,(H,26,31). The molecule has 34 heavy (non-hydrogen) atoms. The summed E-state index contributed by atoms with van der Waals surface area (Å²) in [6, 6.07) is 20.3. The molecular formula is C24H20FN5O3S. The number of nitrogens with one attached hydrogen (secondary N) is 1. The van der Waals surface area contributed by atoms with E-state index in [1.807, 2.05) is 34.9 Å². The Labute approximate surface area is 199 Å². The zero-order valence-electron chi connectivity index (χ0n) is 18.1. The maximum Gasteiger partial charge on any atom is 0.293 e. The first-order valence-corrected chi connectivity index (χ1v) is 11.3. The van der Waals surface area contributed by atoms with Crippen LogP contribution in [-0.2, 0) is 11.3 Å². The molecule has 0 spiro atoms. The minimum atomic E-state index is -0.527. The van der Waals surface area contributed by atoms with Gasteiger partial charge in [-0.15, -0.1) is 10.2 Å². The molecule has 0 aliphatic heterocycles. The molecule has 0 radical (unpaired) electrons. The third-order valence-corrected chi connectivity index (χ3v) is 5.93. The monoisotopic (exact) mass is 477 g/mol. The van der Waals surface area contributed by atoms with E-state index in [0.29, 0.717) is 23.1 Å². The smallest absolute Gasteiger partial charge is 0.293 e. The van der Waals surface area contributed by atoms with Gasteiger partial charge in [-0.2, -0.15) is 0 Å². The van der Waals surface area contributed by atoms with E-state index in [1.165, 1.54) is 24.3 Å². The van der Waals surface area contributed by atoms with Crippen molar-refractivity contribution >= 4 is 29.0 Å². The van der Waals surface area contributed by atoms with Gasteiger partial charge < -0.3 is 5.32 Å². The number of aryl methyl sites for hydroxylation is 1. The molecular weight excluding hydrogens is 457 g/mol. The Bertz CT molecular complexity index is 1330. The lowest BCUT2D eigenvalue weighted by molar-refractivity contribution is -0.384. The van der Waals surface area contributed by atoms with Crippen LogP contribution in [0, 0.1) is 22.9 Å². The summed E-state index contributed by atoms with van der Waals surface area (Å²) in [7, 11) is 0. The molecule has 172 valence electrons. The van der Waals surface area contributed by atoms with Crippen LogP contribution in [0.15, 0.2) is 78.0 Å². The maximum atomic E-state index is 13.4. The summed E-state index contributed by atoms with van der Waals surface area (Å²) >= 11 is 1.16. The zero-order chi connectivity index (χ0) is 24.1. The third kappa shape index (κ3) is 5.46. The molecule has 0 bridgehead atoms. The molecule has 1 aromatic heterocycles. The first-order valence-electron chi connectivity index (χ1n) is 10.3. The molecule has 1 heterocycles. The quantitative estimate of drug-likeness (QED) is 0.216. The van der Waals surface area contributed by atoms with Crippen LogP contribution in [-0.4, -0.2) is 31.3 Å². The topological polar surface area (TPSA) is 103 Å². The number of aromatic nitrogens is 3. The van der Waals surface area contributed by atoms with E-state index < -0.39 is 10.8 Å². The number of rotatable bonds is 8. The second kappa shape index (κ2) is 10.3. The van der Waals surface area contributed by atoms with Gasteiger partial charge in [0.05, 0.1) is 17.2 Å². The van der Waals surface area contributed by atoms with E-state index in [4.69, 9.17) is 0 Å². The van der Waals surface area contributed by atoms with Gasteiger partial charge in [0.15, 0.2) is 11.0 Å². The van der Waals surface area contributed by atoms with E-state index in [2.05, 4.69) is 15.5 Å². The van der Waals surface area contributed by atoms with Crippen molar-refractivity contribution in [3.63, 3.8) is 0 Å². The number of hydrogen-bond acceptors (Lipinski definition) is 6. The normalized spacial score (nSPS) is 10.8. The van der Waals surface area contributed by atoms with Crippen molar-refractivity contribution in [1.29, 1.82) is 0 Å². The molecule has 0 atom stereocenters. The summed E-state index contributed by atoms with van der Waals surface area (Å²) < 4.78 is 15.3. The van der Waals surface area contributed by atoms with Crippen molar-refractivity contribution in [3.8, 4) is 11.4 Å². The van der Waals surface area contributed by atoms with Gasteiger partial charge in [-0.1, -0.05) is 48.2 Å². The minimum absolute atomic E-state index is 0.0264. The minimum Gasteiger partial charge on any atom is -0.320 e. The van der Waals surface area contributed by atoms with Crippen molar-refractivity contribution in [2.45, 2.75) is 18.6 Å². The average Bonchev–Trinajstić information content (AvgIpc) is 3.22. The van der Waals surface area contributed by atoms with E-state index in [1.54, 1.807) is 25.1 Å². The molecule has 0 saturated carbocycles. The van der Waals surface area contributed by atoms with E-state index in [0.717, 1.165) is 22.9 Å². The average molecular weight is 478 g/mol. The Hall–Kier alpha value is -4.05. The van der Waals surface area contributed by atoms with Crippen molar-refractivity contribution in [1.82, 2.24) is 14.8 Å². The number of amides is 1. The highest BCUT2D eigenvalue weighted by Crippen LogP contribution is 2.28. The number of nitro groups is 1. The fourth-order valence-corrected chi connectivity index (χ4v) is 4.07. The lowest BCUT2D eigenvalue weighted by atomic mass is 10.2. The molecule has 4 rings (SSSR count). The number of nitro benzene ring substituents is 1. The number of carbonyl (C=O) groups is 1. The molecule has 10 heteroatoms. The Morgan fingerprint density at radius 3 is 2.53 bits per heavy atom. The van der Waals surface area contributed by atoms with Crippen LogP contribution in [0.5, 0.6) is 0 Å². The highest BCUT2D eigenvalue weighted by molar-refractivity contribution is 7.99. The van der Waals surface area contributed by atoms with Crippen LogP contribution in [0.25, 0.3) is 11.4 Å². The molecule has 8 nitrogen and oxygen atoms in total. The fraction of sp³-hybridized carbons (Fsp3) is 0.125. The predicted molar refractivity (Wildman–Crippen MR) is 128 cm³/mol. The van der Waals surface area contributed by atoms with Gasteiger partial charge in [0.2, 0.25) is 5.91 Å². The molecule has 0 aliphatic carbocycles. The maximum absolute atomic E-state index is 13.4. The summed E-state index contributed by atoms with van der Waals surface area (Å²) in [5.41, 5.74) is 2.40. The molecule has 3 aromatic carbocycles. The van der Waals surface area contributed by atoms with Crippen LogP contribution in [0.4, 0.5) is 15.8 Å². The highest BCUT2D eigenvalue weighted by Gasteiger charge is 2.19. The molecule has 0 fully saturated rings. The lowest BCUT2D eigenvalue weighted by Crippen LogP contribution is -2.16. The summed E-state index contributed by atoms with van der Waals surface area (Å²) in [5.74, 6) is -0.244. The first kappa shape index (κ1) is 23.1. The van der Waals surface area contributed by atoms with E-state index in [9.17, 15) is 19.3 Å². The van der Waals surface area contributed by atoms with Gasteiger partial charge in [0.25, 0.3) is 5.69 Å². The number of hydrogen-bond donors (Lipinski definition) is 1. The van der Waals surface area contributed by atoms with Gasteiger partial charge in [-0.05, 0) is 48.4 Å². The molecule has 0 unspecified atom stereocenters. The molecule has 0 aliphatic rings. The van der Waals surface area contributed by atoms with Gasteiger partial charge in [0.1, 0.15) is 11.5 Å². The molecule has 4 aromatic rings. The van der Waals surface area contributed by atoms with Crippen molar-refractivity contribution in [2.75, 3.05) is 11.1 Å². The van der Waals surface area contributed by atoms with Crippen LogP contribution in [0.3, 0.4) is 0 Å². The second-order valence-electron chi connectivity index (χ2n) is 7.50. The number of nitrogens with zero attached hydrogens (tertiary/aromatic N) is 4. The number of anilines is 1. The summed E-state index contributed by atoms with van der Waals surface area (Å²) in [6.45, 7) is 2.20. The Morgan fingerprint density at radius 2 is 1.82 bits per heavy atom. The molecule has 1 amide bonds. The Balaban J connectivity index is 1.55. The van der Waals surface area contributed by atoms with Gasteiger partial charge in [-0.25, -0.2) is 4.39 Å². The number of halogens is 1. The van der Waals surface area contributed by atoms with E-state index >= 15 is 0 Å². The Morgan fingerprint density at radius 1 is 1.09 bits per heavy atom. The highest BCUT2D eigenvalue weighted by atomic mass is 32.2. The molecule has 1 N–H and O–H groups in total.